The number of non-ortho nitro benzene ring substituents is 1. The van der Waals surface area contributed by atoms with Crippen molar-refractivity contribution in [1.82, 2.24) is 14.9 Å². The largest absolute Gasteiger partial charge is 0.495 e. The molecule has 1 saturated carbocycles. The van der Waals surface area contributed by atoms with Crippen LogP contribution in [0.1, 0.15) is 25.7 Å². The Balaban J connectivity index is 1.69. The highest BCUT2D eigenvalue weighted by Crippen LogP contribution is 2.34. The fourth-order valence-corrected chi connectivity index (χ4v) is 4.80. The quantitative estimate of drug-likeness (QED) is 0.327. The van der Waals surface area contributed by atoms with Crippen LogP contribution in [0.4, 0.5) is 5.69 Å². The Labute approximate surface area is 188 Å². The van der Waals surface area contributed by atoms with E-state index in [1.807, 2.05) is 28.8 Å². The number of carbonyl (C=O) groups is 1. The maximum atomic E-state index is 12.6. The summed E-state index contributed by atoms with van der Waals surface area (Å²) in [6.45, 7) is 0. The molecule has 0 unspecified atom stereocenters. The third-order valence-electron chi connectivity index (χ3n) is 5.53. The van der Waals surface area contributed by atoms with Crippen LogP contribution in [-0.4, -0.2) is 38.8 Å². The number of thioether (sulfide) groups is 1. The fourth-order valence-electron chi connectivity index (χ4n) is 3.98. The highest BCUT2D eigenvalue weighted by molar-refractivity contribution is 7.99. The predicted octanol–water partition coefficient (Wildman–Crippen LogP) is 3.99. The Bertz CT molecular complexity index is 1230. The van der Waals surface area contributed by atoms with E-state index >= 15 is 0 Å². The monoisotopic (exact) mass is 451 g/mol. The van der Waals surface area contributed by atoms with Gasteiger partial charge in [-0.05, 0) is 43.9 Å². The summed E-state index contributed by atoms with van der Waals surface area (Å²) >= 11 is 1.21. The van der Waals surface area contributed by atoms with Gasteiger partial charge in [-0.25, -0.2) is 4.98 Å². The molecule has 10 heteroatoms. The molecule has 1 heterocycles. The molecule has 1 amide bonds. The van der Waals surface area contributed by atoms with Gasteiger partial charge in [0.15, 0.2) is 5.16 Å². The molecule has 0 atom stereocenters. The van der Waals surface area contributed by atoms with Crippen molar-refractivity contribution in [2.45, 2.75) is 36.4 Å². The molecule has 9 nitrogen and oxygen atoms in total. The van der Waals surface area contributed by atoms with Gasteiger partial charge in [-0.2, -0.15) is 5.26 Å². The zero-order valence-corrected chi connectivity index (χ0v) is 18.2. The molecule has 0 radical (unpaired) electrons. The number of amides is 1. The van der Waals surface area contributed by atoms with Crippen LogP contribution in [0, 0.1) is 21.4 Å². The molecular weight excluding hydrogens is 430 g/mol. The van der Waals surface area contributed by atoms with Crippen molar-refractivity contribution in [2.75, 3.05) is 12.9 Å². The summed E-state index contributed by atoms with van der Waals surface area (Å²) in [5, 5.41) is 24.1. The van der Waals surface area contributed by atoms with Gasteiger partial charge in [-0.1, -0.05) is 23.9 Å². The lowest BCUT2D eigenvalue weighted by Crippen LogP contribution is -2.45. The topological polar surface area (TPSA) is 123 Å². The number of nitrogens with zero attached hydrogens (tertiary/aromatic N) is 4. The summed E-state index contributed by atoms with van der Waals surface area (Å²) in [6, 6.07) is 14.1. The van der Waals surface area contributed by atoms with Gasteiger partial charge in [0.05, 0.1) is 40.6 Å². The van der Waals surface area contributed by atoms with E-state index in [9.17, 15) is 20.2 Å². The zero-order chi connectivity index (χ0) is 22.7. The van der Waals surface area contributed by atoms with Crippen molar-refractivity contribution in [3.63, 3.8) is 0 Å². The molecule has 0 saturated heterocycles. The highest BCUT2D eigenvalue weighted by atomic mass is 32.2. The minimum Gasteiger partial charge on any atom is -0.495 e. The fraction of sp³-hybridized carbons (Fsp3) is 0.318. The van der Waals surface area contributed by atoms with Gasteiger partial charge in [-0.3, -0.25) is 19.5 Å². The van der Waals surface area contributed by atoms with Gasteiger partial charge in [0.1, 0.15) is 11.3 Å². The standard InChI is InChI=1S/C22H21N5O4S/c1-31-19-7-3-2-6-18(19)26-17-9-8-15(27(29)30)12-16(17)24-21(26)32-13-20(28)25-22(14-23)10-4-5-11-22/h2-3,6-9,12H,4-5,10-11,13H2,1H3,(H,25,28). The van der Waals surface area contributed by atoms with E-state index in [1.165, 1.54) is 23.9 Å². The number of benzene rings is 2. The third kappa shape index (κ3) is 4.11. The molecule has 32 heavy (non-hydrogen) atoms. The number of rotatable bonds is 7. The summed E-state index contributed by atoms with van der Waals surface area (Å²) in [6.07, 6.45) is 3.15. The maximum absolute atomic E-state index is 12.6. The molecule has 0 spiro atoms. The van der Waals surface area contributed by atoms with Crippen molar-refractivity contribution in [3.8, 4) is 17.5 Å². The first-order chi connectivity index (χ1) is 15.5. The molecule has 164 valence electrons. The number of nitro benzene ring substituents is 1. The molecule has 1 aliphatic rings. The zero-order valence-electron chi connectivity index (χ0n) is 17.4. The van der Waals surface area contributed by atoms with Crippen molar-refractivity contribution in [1.29, 1.82) is 5.26 Å². The lowest BCUT2D eigenvalue weighted by Gasteiger charge is -2.21. The van der Waals surface area contributed by atoms with Crippen LogP contribution in [0.15, 0.2) is 47.6 Å². The average Bonchev–Trinajstić information content (AvgIpc) is 3.41. The second-order valence-corrected chi connectivity index (χ2v) is 8.51. The molecule has 0 bridgehead atoms. The number of nitrogens with one attached hydrogen (secondary N) is 1. The Kier molecular flexibility index (Phi) is 6.01. The first-order valence-corrected chi connectivity index (χ1v) is 11.1. The minimum atomic E-state index is -0.791. The molecule has 3 aromatic rings. The number of aromatic nitrogens is 2. The van der Waals surface area contributed by atoms with Crippen LogP contribution < -0.4 is 10.1 Å². The molecule has 1 fully saturated rings. The van der Waals surface area contributed by atoms with Crippen molar-refractivity contribution in [3.05, 3.63) is 52.6 Å². The van der Waals surface area contributed by atoms with E-state index in [1.54, 1.807) is 13.2 Å². The molecule has 1 N–H and O–H groups in total. The van der Waals surface area contributed by atoms with Gasteiger partial charge in [0.2, 0.25) is 5.91 Å². The van der Waals surface area contributed by atoms with Gasteiger partial charge in [0, 0.05) is 12.1 Å². The van der Waals surface area contributed by atoms with Crippen LogP contribution in [0.25, 0.3) is 16.7 Å². The number of nitriles is 1. The van der Waals surface area contributed by atoms with Crippen molar-refractivity contribution in [2.24, 2.45) is 0 Å². The highest BCUT2D eigenvalue weighted by Gasteiger charge is 2.35. The first kappa shape index (κ1) is 21.6. The SMILES string of the molecule is COc1ccccc1-n1c(SCC(=O)NC2(C#N)CCCC2)nc2cc([N+](=O)[O-])ccc21. The molecule has 1 aromatic heterocycles. The summed E-state index contributed by atoms with van der Waals surface area (Å²) in [7, 11) is 1.56. The smallest absolute Gasteiger partial charge is 0.271 e. The van der Waals surface area contributed by atoms with E-state index in [0.29, 0.717) is 40.5 Å². The number of fused-ring (bicyclic) bond motifs is 1. The van der Waals surface area contributed by atoms with E-state index < -0.39 is 10.5 Å². The average molecular weight is 452 g/mol. The summed E-state index contributed by atoms with van der Waals surface area (Å²) in [5.74, 6) is 0.415. The molecular formula is C22H21N5O4S. The summed E-state index contributed by atoms with van der Waals surface area (Å²) in [4.78, 5) is 27.9. The normalized spacial score (nSPS) is 14.8. The Hall–Kier alpha value is -3.58. The molecule has 0 aliphatic heterocycles. The van der Waals surface area contributed by atoms with Gasteiger partial charge < -0.3 is 10.1 Å². The Morgan fingerprint density at radius 3 is 2.78 bits per heavy atom. The van der Waals surface area contributed by atoms with E-state index in [2.05, 4.69) is 16.4 Å². The van der Waals surface area contributed by atoms with Crippen LogP contribution >= 0.6 is 11.8 Å². The number of hydrogen-bond donors (Lipinski definition) is 1. The number of para-hydroxylation sites is 2. The number of hydrogen-bond acceptors (Lipinski definition) is 7. The van der Waals surface area contributed by atoms with Crippen LogP contribution in [0.5, 0.6) is 5.75 Å². The Morgan fingerprint density at radius 2 is 2.09 bits per heavy atom. The first-order valence-electron chi connectivity index (χ1n) is 10.1. The lowest BCUT2D eigenvalue weighted by atomic mass is 10.0. The van der Waals surface area contributed by atoms with Crippen LogP contribution in [0.3, 0.4) is 0 Å². The van der Waals surface area contributed by atoms with Gasteiger partial charge >= 0.3 is 0 Å². The summed E-state index contributed by atoms with van der Waals surface area (Å²) < 4.78 is 7.32. The van der Waals surface area contributed by atoms with E-state index in [-0.39, 0.29) is 17.3 Å². The number of imidazole rings is 1. The van der Waals surface area contributed by atoms with Crippen molar-refractivity contribution < 1.29 is 14.5 Å². The number of ether oxygens (including phenoxy) is 1. The number of carbonyl (C=O) groups excluding carboxylic acids is 1. The van der Waals surface area contributed by atoms with Gasteiger partial charge in [-0.15, -0.1) is 0 Å². The minimum absolute atomic E-state index is 0.0595. The molecule has 4 rings (SSSR count). The number of nitro groups is 1. The third-order valence-corrected chi connectivity index (χ3v) is 6.46. The van der Waals surface area contributed by atoms with E-state index in [0.717, 1.165) is 12.8 Å². The lowest BCUT2D eigenvalue weighted by molar-refractivity contribution is -0.384. The van der Waals surface area contributed by atoms with E-state index in [4.69, 9.17) is 4.74 Å². The van der Waals surface area contributed by atoms with Crippen LogP contribution in [0.2, 0.25) is 0 Å². The Morgan fingerprint density at radius 1 is 1.34 bits per heavy atom. The molecule has 1 aliphatic carbocycles. The van der Waals surface area contributed by atoms with Gasteiger partial charge in [0.25, 0.3) is 5.69 Å². The number of methoxy groups -OCH3 is 1. The predicted molar refractivity (Wildman–Crippen MR) is 120 cm³/mol. The van der Waals surface area contributed by atoms with Crippen LogP contribution in [-0.2, 0) is 4.79 Å². The summed E-state index contributed by atoms with van der Waals surface area (Å²) in [5.41, 5.74) is 0.956. The molecule has 2 aromatic carbocycles. The maximum Gasteiger partial charge on any atom is 0.271 e. The second-order valence-electron chi connectivity index (χ2n) is 7.57. The second kappa shape index (κ2) is 8.88. The van der Waals surface area contributed by atoms with Crippen molar-refractivity contribution >= 4 is 34.4 Å².